The lowest BCUT2D eigenvalue weighted by atomic mass is 10.2. The van der Waals surface area contributed by atoms with Crippen molar-refractivity contribution in [2.45, 2.75) is 25.4 Å². The fourth-order valence-electron chi connectivity index (χ4n) is 3.01. The summed E-state index contributed by atoms with van der Waals surface area (Å²) in [6.07, 6.45) is -2.75. The Labute approximate surface area is 170 Å². The van der Waals surface area contributed by atoms with E-state index >= 15 is 0 Å². The SMILES string of the molecule is CN(C)C(=O)Cn1cc(C(=O)NC2CCN(c3cccc(OC(F)(F)F)c3)C2)nn1. The lowest BCUT2D eigenvalue weighted by Gasteiger charge is -2.20. The standard InChI is InChI=1S/C18H21F3N6O3/c1-25(2)16(28)11-27-10-15(23-24-27)17(29)22-12-6-7-26(9-12)13-4-3-5-14(8-13)30-18(19,20)21/h3-5,8,10,12H,6-7,9,11H2,1-2H3,(H,22,29). The van der Waals surface area contributed by atoms with Crippen molar-refractivity contribution in [3.63, 3.8) is 0 Å². The minimum atomic E-state index is -4.76. The molecule has 1 atom stereocenters. The van der Waals surface area contributed by atoms with Gasteiger partial charge in [-0.3, -0.25) is 9.59 Å². The van der Waals surface area contributed by atoms with Crippen molar-refractivity contribution in [2.75, 3.05) is 32.1 Å². The Bertz CT molecular complexity index is 915. The third-order valence-electron chi connectivity index (χ3n) is 4.51. The number of alkyl halides is 3. The number of carbonyl (C=O) groups is 2. The quantitative estimate of drug-likeness (QED) is 0.748. The number of aromatic nitrogens is 3. The lowest BCUT2D eigenvalue weighted by molar-refractivity contribution is -0.274. The molecule has 2 aromatic rings. The van der Waals surface area contributed by atoms with E-state index in [1.807, 2.05) is 4.90 Å². The van der Waals surface area contributed by atoms with Crippen molar-refractivity contribution in [2.24, 2.45) is 0 Å². The van der Waals surface area contributed by atoms with Gasteiger partial charge >= 0.3 is 6.36 Å². The summed E-state index contributed by atoms with van der Waals surface area (Å²) < 4.78 is 42.5. The normalized spacial score (nSPS) is 16.4. The Balaban J connectivity index is 1.56. The van der Waals surface area contributed by atoms with Crippen molar-refractivity contribution in [1.29, 1.82) is 0 Å². The number of amides is 2. The minimum absolute atomic E-state index is 0.0270. The number of nitrogens with one attached hydrogen (secondary N) is 1. The maximum Gasteiger partial charge on any atom is 0.573 e. The molecule has 1 fully saturated rings. The number of halogens is 3. The summed E-state index contributed by atoms with van der Waals surface area (Å²) in [4.78, 5) is 27.4. The van der Waals surface area contributed by atoms with Crippen LogP contribution in [0.2, 0.25) is 0 Å². The molecule has 1 aliphatic heterocycles. The van der Waals surface area contributed by atoms with Gasteiger partial charge in [-0.05, 0) is 18.6 Å². The first-order valence-electron chi connectivity index (χ1n) is 9.12. The zero-order valence-corrected chi connectivity index (χ0v) is 16.4. The van der Waals surface area contributed by atoms with Gasteiger partial charge in [0.15, 0.2) is 5.69 Å². The highest BCUT2D eigenvalue weighted by atomic mass is 19.4. The Morgan fingerprint density at radius 3 is 2.80 bits per heavy atom. The molecule has 2 heterocycles. The van der Waals surface area contributed by atoms with Crippen LogP contribution in [-0.4, -0.2) is 71.3 Å². The smallest absolute Gasteiger partial charge is 0.406 e. The molecule has 1 aliphatic rings. The zero-order valence-electron chi connectivity index (χ0n) is 16.4. The number of rotatable bonds is 6. The van der Waals surface area contributed by atoms with Crippen LogP contribution in [0.1, 0.15) is 16.9 Å². The number of anilines is 1. The van der Waals surface area contributed by atoms with Gasteiger partial charge in [0.05, 0.1) is 6.20 Å². The molecule has 1 unspecified atom stereocenters. The summed E-state index contributed by atoms with van der Waals surface area (Å²) in [5.74, 6) is -0.911. The van der Waals surface area contributed by atoms with Gasteiger partial charge in [-0.2, -0.15) is 0 Å². The predicted molar refractivity (Wildman–Crippen MR) is 99.9 cm³/mol. The van der Waals surface area contributed by atoms with E-state index in [9.17, 15) is 22.8 Å². The minimum Gasteiger partial charge on any atom is -0.406 e. The topological polar surface area (TPSA) is 92.6 Å². The molecule has 1 saturated heterocycles. The molecule has 0 spiro atoms. The first-order chi connectivity index (χ1) is 14.1. The number of likely N-dealkylation sites (N-methyl/N-ethyl adjacent to an activating group) is 1. The maximum absolute atomic E-state index is 12.4. The Morgan fingerprint density at radius 1 is 1.33 bits per heavy atom. The summed E-state index contributed by atoms with van der Waals surface area (Å²) in [6, 6.07) is 5.50. The van der Waals surface area contributed by atoms with Crippen molar-refractivity contribution in [3.8, 4) is 5.75 Å². The molecule has 1 aromatic carbocycles. The van der Waals surface area contributed by atoms with Gasteiger partial charge in [0.2, 0.25) is 5.91 Å². The highest BCUT2D eigenvalue weighted by molar-refractivity contribution is 5.92. The van der Waals surface area contributed by atoms with Crippen LogP contribution in [-0.2, 0) is 11.3 Å². The molecule has 3 rings (SSSR count). The number of nitrogens with zero attached hydrogens (tertiary/aromatic N) is 5. The second kappa shape index (κ2) is 8.59. The Kier molecular flexibility index (Phi) is 6.13. The first-order valence-corrected chi connectivity index (χ1v) is 9.12. The highest BCUT2D eigenvalue weighted by Gasteiger charge is 2.31. The Hall–Kier alpha value is -3.31. The van der Waals surface area contributed by atoms with E-state index in [2.05, 4.69) is 20.4 Å². The van der Waals surface area contributed by atoms with Crippen LogP contribution >= 0.6 is 0 Å². The average molecular weight is 426 g/mol. The van der Waals surface area contributed by atoms with Gasteiger partial charge in [0.25, 0.3) is 5.91 Å². The molecule has 0 radical (unpaired) electrons. The van der Waals surface area contributed by atoms with Gasteiger partial charge in [-0.1, -0.05) is 11.3 Å². The Morgan fingerprint density at radius 2 is 2.10 bits per heavy atom. The summed E-state index contributed by atoms with van der Waals surface area (Å²) in [6.45, 7) is 0.958. The first kappa shape index (κ1) is 21.4. The largest absolute Gasteiger partial charge is 0.573 e. The molecule has 162 valence electrons. The van der Waals surface area contributed by atoms with Crippen molar-refractivity contribution < 1.29 is 27.5 Å². The summed E-state index contributed by atoms with van der Waals surface area (Å²) in [5, 5.41) is 10.4. The van der Waals surface area contributed by atoms with Crippen LogP contribution in [0, 0.1) is 0 Å². The third-order valence-corrected chi connectivity index (χ3v) is 4.51. The zero-order chi connectivity index (χ0) is 21.9. The van der Waals surface area contributed by atoms with Gasteiger partial charge in [-0.15, -0.1) is 18.3 Å². The summed E-state index contributed by atoms with van der Waals surface area (Å²) in [5.41, 5.74) is 0.655. The number of benzene rings is 1. The summed E-state index contributed by atoms with van der Waals surface area (Å²) in [7, 11) is 3.23. The number of hydrogen-bond donors (Lipinski definition) is 1. The average Bonchev–Trinajstić information content (AvgIpc) is 3.30. The number of hydrogen-bond acceptors (Lipinski definition) is 6. The van der Waals surface area contributed by atoms with E-state index in [0.29, 0.717) is 25.2 Å². The molecule has 30 heavy (non-hydrogen) atoms. The maximum atomic E-state index is 12.4. The number of ether oxygens (including phenoxy) is 1. The lowest BCUT2D eigenvalue weighted by Crippen LogP contribution is -2.37. The van der Waals surface area contributed by atoms with Gasteiger partial charge in [0, 0.05) is 45.0 Å². The van der Waals surface area contributed by atoms with Gasteiger partial charge in [0.1, 0.15) is 12.3 Å². The molecule has 9 nitrogen and oxygen atoms in total. The molecule has 1 aromatic heterocycles. The molecular weight excluding hydrogens is 405 g/mol. The fraction of sp³-hybridized carbons (Fsp3) is 0.444. The summed E-state index contributed by atoms with van der Waals surface area (Å²) >= 11 is 0. The van der Waals surface area contributed by atoms with Crippen molar-refractivity contribution in [3.05, 3.63) is 36.2 Å². The van der Waals surface area contributed by atoms with Crippen LogP contribution in [0.4, 0.5) is 18.9 Å². The highest BCUT2D eigenvalue weighted by Crippen LogP contribution is 2.28. The third kappa shape index (κ3) is 5.61. The molecule has 0 bridgehead atoms. The molecular formula is C18H21F3N6O3. The van der Waals surface area contributed by atoms with Crippen LogP contribution in [0.3, 0.4) is 0 Å². The molecule has 1 N–H and O–H groups in total. The van der Waals surface area contributed by atoms with Gasteiger partial charge < -0.3 is 19.9 Å². The van der Waals surface area contributed by atoms with Crippen LogP contribution < -0.4 is 15.0 Å². The second-order valence-corrected chi connectivity index (χ2v) is 7.04. The molecule has 12 heteroatoms. The predicted octanol–water partition coefficient (Wildman–Crippen LogP) is 1.27. The van der Waals surface area contributed by atoms with Crippen molar-refractivity contribution >= 4 is 17.5 Å². The van der Waals surface area contributed by atoms with E-state index in [1.54, 1.807) is 20.2 Å². The van der Waals surface area contributed by atoms with Crippen LogP contribution in [0.15, 0.2) is 30.5 Å². The van der Waals surface area contributed by atoms with E-state index in [1.165, 1.54) is 34.0 Å². The molecule has 0 saturated carbocycles. The molecule has 0 aliphatic carbocycles. The number of carbonyl (C=O) groups excluding carboxylic acids is 2. The van der Waals surface area contributed by atoms with E-state index in [0.717, 1.165) is 0 Å². The van der Waals surface area contributed by atoms with E-state index in [4.69, 9.17) is 0 Å². The van der Waals surface area contributed by atoms with E-state index < -0.39 is 12.3 Å². The van der Waals surface area contributed by atoms with Gasteiger partial charge in [-0.25, -0.2) is 4.68 Å². The molecule has 2 amide bonds. The van der Waals surface area contributed by atoms with Crippen LogP contribution in [0.5, 0.6) is 5.75 Å². The fourth-order valence-corrected chi connectivity index (χ4v) is 3.01. The monoisotopic (exact) mass is 426 g/mol. The van der Waals surface area contributed by atoms with Crippen LogP contribution in [0.25, 0.3) is 0 Å². The second-order valence-electron chi connectivity index (χ2n) is 7.04. The van der Waals surface area contributed by atoms with Crippen molar-refractivity contribution in [1.82, 2.24) is 25.2 Å². The van der Waals surface area contributed by atoms with E-state index in [-0.39, 0.29) is 29.9 Å².